The molecule has 0 heterocycles. The number of carbonyl (C=O) groups is 1. The topological polar surface area (TPSA) is 38.3 Å². The molecule has 0 saturated carbocycles. The number of benzene rings is 2. The Balaban J connectivity index is 1.96. The largest absolute Gasteiger partial charge is 0.483 e. The highest BCUT2D eigenvalue weighted by molar-refractivity contribution is 9.11. The van der Waals surface area contributed by atoms with Gasteiger partial charge in [-0.3, -0.25) is 4.79 Å². The minimum Gasteiger partial charge on any atom is -0.483 e. The second-order valence-corrected chi connectivity index (χ2v) is 6.66. The third kappa shape index (κ3) is 4.79. The van der Waals surface area contributed by atoms with E-state index in [2.05, 4.69) is 53.1 Å². The zero-order valence-electron chi connectivity index (χ0n) is 10.5. The van der Waals surface area contributed by atoms with E-state index in [0.717, 1.165) is 8.95 Å². The molecule has 1 amide bonds. The molecule has 21 heavy (non-hydrogen) atoms. The molecule has 0 radical (unpaired) electrons. The fraction of sp³-hybridized carbons (Fsp3) is 0.0714. The maximum Gasteiger partial charge on any atom is 0.262 e. The van der Waals surface area contributed by atoms with E-state index in [-0.39, 0.29) is 18.3 Å². The molecule has 2 rings (SSSR count). The van der Waals surface area contributed by atoms with E-state index < -0.39 is 0 Å². The first-order chi connectivity index (χ1) is 9.95. The van der Waals surface area contributed by atoms with Crippen molar-refractivity contribution < 1.29 is 13.9 Å². The number of hydrogen-bond acceptors (Lipinski definition) is 2. The van der Waals surface area contributed by atoms with Crippen LogP contribution in [0.3, 0.4) is 0 Å². The van der Waals surface area contributed by atoms with E-state index in [1.165, 1.54) is 18.2 Å². The van der Waals surface area contributed by atoms with Crippen molar-refractivity contribution in [3.63, 3.8) is 0 Å². The molecule has 0 aliphatic carbocycles. The second-order valence-electron chi connectivity index (χ2n) is 4.04. The highest BCUT2D eigenvalue weighted by Crippen LogP contribution is 2.27. The number of ether oxygens (including phenoxy) is 1. The Labute approximate surface area is 146 Å². The van der Waals surface area contributed by atoms with Crippen LogP contribution in [0.5, 0.6) is 5.75 Å². The normalized spacial score (nSPS) is 10.3. The number of rotatable bonds is 4. The van der Waals surface area contributed by atoms with E-state index in [1.54, 1.807) is 6.07 Å². The van der Waals surface area contributed by atoms with Crippen molar-refractivity contribution in [2.75, 3.05) is 11.9 Å². The van der Waals surface area contributed by atoms with Gasteiger partial charge in [-0.15, -0.1) is 0 Å². The number of halogens is 4. The predicted octanol–water partition coefficient (Wildman–Crippen LogP) is 5.13. The molecule has 0 saturated heterocycles. The Kier molecular flexibility index (Phi) is 5.78. The Morgan fingerprint density at radius 1 is 1.10 bits per heavy atom. The summed E-state index contributed by atoms with van der Waals surface area (Å²) in [6.07, 6.45) is 0. The van der Waals surface area contributed by atoms with Crippen molar-refractivity contribution >= 4 is 59.4 Å². The third-order valence-corrected chi connectivity index (χ3v) is 4.23. The van der Waals surface area contributed by atoms with Gasteiger partial charge in [-0.05, 0) is 68.3 Å². The van der Waals surface area contributed by atoms with Crippen LogP contribution in [0.15, 0.2) is 49.8 Å². The monoisotopic (exact) mass is 479 g/mol. The number of carbonyl (C=O) groups excluding carboxylic acids is 1. The molecule has 0 fully saturated rings. The van der Waals surface area contributed by atoms with Crippen molar-refractivity contribution in [3.05, 3.63) is 55.6 Å². The second kappa shape index (κ2) is 7.38. The molecule has 110 valence electrons. The van der Waals surface area contributed by atoms with E-state index in [0.29, 0.717) is 15.9 Å². The molecule has 0 atom stereocenters. The van der Waals surface area contributed by atoms with Crippen LogP contribution in [0.2, 0.25) is 0 Å². The maximum absolute atomic E-state index is 12.9. The molecule has 7 heteroatoms. The Hall–Kier alpha value is -0.920. The van der Waals surface area contributed by atoms with Crippen LogP contribution in [0.4, 0.5) is 10.1 Å². The molecule has 3 nitrogen and oxygen atoms in total. The lowest BCUT2D eigenvalue weighted by atomic mass is 10.3. The summed E-state index contributed by atoms with van der Waals surface area (Å²) in [6, 6.07) is 9.41. The van der Waals surface area contributed by atoms with E-state index >= 15 is 0 Å². The Morgan fingerprint density at radius 3 is 2.52 bits per heavy atom. The molecular weight excluding hydrogens is 473 g/mol. The zero-order chi connectivity index (χ0) is 15.4. The van der Waals surface area contributed by atoms with Crippen molar-refractivity contribution in [1.82, 2.24) is 0 Å². The van der Waals surface area contributed by atoms with Gasteiger partial charge in [0.25, 0.3) is 5.91 Å². The number of anilines is 1. The van der Waals surface area contributed by atoms with Crippen molar-refractivity contribution in [1.29, 1.82) is 0 Å². The summed E-state index contributed by atoms with van der Waals surface area (Å²) in [5.74, 6) is -0.284. The molecule has 0 aliphatic heterocycles. The fourth-order valence-corrected chi connectivity index (χ4v) is 3.12. The van der Waals surface area contributed by atoms with Gasteiger partial charge in [0.2, 0.25) is 0 Å². The van der Waals surface area contributed by atoms with E-state index in [1.807, 2.05) is 12.1 Å². The summed E-state index contributed by atoms with van der Waals surface area (Å²) in [5.41, 5.74) is 0.643. The fourth-order valence-electron chi connectivity index (χ4n) is 1.51. The lowest BCUT2D eigenvalue weighted by Crippen LogP contribution is -2.20. The average molecular weight is 482 g/mol. The molecule has 0 aliphatic rings. The SMILES string of the molecule is O=C(COc1ccc(F)cc1Br)Nc1ccc(Br)cc1Br. The molecule has 0 aromatic heterocycles. The highest BCUT2D eigenvalue weighted by Gasteiger charge is 2.09. The van der Waals surface area contributed by atoms with Crippen LogP contribution in [-0.4, -0.2) is 12.5 Å². The Morgan fingerprint density at radius 2 is 1.86 bits per heavy atom. The van der Waals surface area contributed by atoms with Gasteiger partial charge in [0.05, 0.1) is 10.2 Å². The van der Waals surface area contributed by atoms with Crippen LogP contribution in [0.1, 0.15) is 0 Å². The first-order valence-corrected chi connectivity index (χ1v) is 8.16. The number of nitrogens with one attached hydrogen (secondary N) is 1. The highest BCUT2D eigenvalue weighted by atomic mass is 79.9. The van der Waals surface area contributed by atoms with Gasteiger partial charge in [-0.25, -0.2) is 4.39 Å². The van der Waals surface area contributed by atoms with E-state index in [4.69, 9.17) is 4.74 Å². The van der Waals surface area contributed by atoms with Crippen molar-refractivity contribution in [2.45, 2.75) is 0 Å². The van der Waals surface area contributed by atoms with Gasteiger partial charge < -0.3 is 10.1 Å². The van der Waals surface area contributed by atoms with E-state index in [9.17, 15) is 9.18 Å². The third-order valence-electron chi connectivity index (χ3n) is 2.46. The standard InChI is InChI=1S/C14H9Br3FNO2/c15-8-1-3-12(10(16)5-8)19-14(20)7-21-13-4-2-9(18)6-11(13)17/h1-6H,7H2,(H,19,20). The van der Waals surface area contributed by atoms with Crippen LogP contribution >= 0.6 is 47.8 Å². The summed E-state index contributed by atoms with van der Waals surface area (Å²) in [5, 5.41) is 2.72. The van der Waals surface area contributed by atoms with Gasteiger partial charge >= 0.3 is 0 Å². The minimum atomic E-state index is -0.377. The molecule has 2 aromatic rings. The molecule has 0 spiro atoms. The minimum absolute atomic E-state index is 0.174. The number of amides is 1. The maximum atomic E-state index is 12.9. The van der Waals surface area contributed by atoms with Gasteiger partial charge in [-0.1, -0.05) is 15.9 Å². The van der Waals surface area contributed by atoms with Crippen LogP contribution in [0.25, 0.3) is 0 Å². The summed E-state index contributed by atoms with van der Waals surface area (Å²) in [4.78, 5) is 11.8. The van der Waals surface area contributed by atoms with Gasteiger partial charge in [0.15, 0.2) is 6.61 Å². The van der Waals surface area contributed by atoms with Gasteiger partial charge in [0, 0.05) is 8.95 Å². The summed E-state index contributed by atoms with van der Waals surface area (Å²) >= 11 is 9.87. The van der Waals surface area contributed by atoms with Crippen molar-refractivity contribution in [3.8, 4) is 5.75 Å². The molecule has 1 N–H and O–H groups in total. The van der Waals surface area contributed by atoms with Crippen molar-refractivity contribution in [2.24, 2.45) is 0 Å². The van der Waals surface area contributed by atoms with Gasteiger partial charge in [-0.2, -0.15) is 0 Å². The van der Waals surface area contributed by atoms with Crippen LogP contribution < -0.4 is 10.1 Å². The lowest BCUT2D eigenvalue weighted by Gasteiger charge is -2.10. The molecule has 0 unspecified atom stereocenters. The molecule has 2 aromatic carbocycles. The average Bonchev–Trinajstić information content (AvgIpc) is 2.41. The number of hydrogen-bond donors (Lipinski definition) is 1. The smallest absolute Gasteiger partial charge is 0.262 e. The van der Waals surface area contributed by atoms with Crippen LogP contribution in [0, 0.1) is 5.82 Å². The first kappa shape index (κ1) is 16.5. The quantitative estimate of drug-likeness (QED) is 0.657. The molecule has 0 bridgehead atoms. The summed E-state index contributed by atoms with van der Waals surface area (Å²) in [7, 11) is 0. The Bertz CT molecular complexity index is 679. The lowest BCUT2D eigenvalue weighted by molar-refractivity contribution is -0.118. The van der Waals surface area contributed by atoms with Crippen LogP contribution in [-0.2, 0) is 4.79 Å². The first-order valence-electron chi connectivity index (χ1n) is 5.78. The summed E-state index contributed by atoms with van der Waals surface area (Å²) < 4.78 is 20.4. The van der Waals surface area contributed by atoms with Gasteiger partial charge in [0.1, 0.15) is 11.6 Å². The molecular formula is C14H9Br3FNO2. The zero-order valence-corrected chi connectivity index (χ0v) is 15.3. The summed E-state index contributed by atoms with van der Waals surface area (Å²) in [6.45, 7) is -0.174. The predicted molar refractivity (Wildman–Crippen MR) is 90.1 cm³/mol.